The summed E-state index contributed by atoms with van der Waals surface area (Å²) in [6.07, 6.45) is 0. The maximum absolute atomic E-state index is 13.1. The highest BCUT2D eigenvalue weighted by atomic mass is 19.1. The Labute approximate surface area is 110 Å². The molecule has 0 aromatic heterocycles. The number of nitrogens with zero attached hydrogens (tertiary/aromatic N) is 2. The van der Waals surface area contributed by atoms with Crippen LogP contribution in [0.1, 0.15) is 17.2 Å². The van der Waals surface area contributed by atoms with E-state index < -0.39 is 6.04 Å². The van der Waals surface area contributed by atoms with E-state index in [1.165, 1.54) is 12.1 Å². The Balaban J connectivity index is 2.21. The lowest BCUT2D eigenvalue weighted by Gasteiger charge is -2.13. The van der Waals surface area contributed by atoms with E-state index in [1.807, 2.05) is 6.07 Å². The summed E-state index contributed by atoms with van der Waals surface area (Å²) in [6.45, 7) is 0. The molecule has 1 atom stereocenters. The van der Waals surface area contributed by atoms with Crippen LogP contribution in [0.25, 0.3) is 0 Å². The van der Waals surface area contributed by atoms with Crippen LogP contribution in [0.4, 0.5) is 10.1 Å². The zero-order chi connectivity index (χ0) is 13.7. The number of nitrogens with one attached hydrogen (secondary N) is 1. The van der Waals surface area contributed by atoms with Crippen molar-refractivity contribution in [3.05, 3.63) is 65.5 Å². The maximum atomic E-state index is 13.1. The Kier molecular flexibility index (Phi) is 3.75. The van der Waals surface area contributed by atoms with E-state index in [0.717, 1.165) is 5.56 Å². The summed E-state index contributed by atoms with van der Waals surface area (Å²) in [5.74, 6) is -0.360. The average molecular weight is 251 g/mol. The Bertz CT molecular complexity index is 650. The van der Waals surface area contributed by atoms with Gasteiger partial charge in [-0.15, -0.1) is 0 Å². The fourth-order valence-corrected chi connectivity index (χ4v) is 1.69. The molecule has 2 aromatic rings. The second-order valence-corrected chi connectivity index (χ2v) is 3.95. The molecule has 0 aliphatic carbocycles. The van der Waals surface area contributed by atoms with Gasteiger partial charge < -0.3 is 5.32 Å². The number of benzene rings is 2. The highest BCUT2D eigenvalue weighted by Gasteiger charge is 2.10. The Morgan fingerprint density at radius 1 is 1.05 bits per heavy atom. The first-order chi connectivity index (χ1) is 9.22. The molecule has 0 saturated carbocycles. The minimum Gasteiger partial charge on any atom is -0.366 e. The fraction of sp³-hybridized carbons (Fsp3) is 0.0667. The molecule has 3 nitrogen and oxygen atoms in total. The van der Waals surface area contributed by atoms with E-state index in [9.17, 15) is 4.39 Å². The highest BCUT2D eigenvalue weighted by Crippen LogP contribution is 2.20. The average Bonchev–Trinajstić information content (AvgIpc) is 2.45. The second kappa shape index (κ2) is 5.66. The van der Waals surface area contributed by atoms with Crippen molar-refractivity contribution in [3.63, 3.8) is 0 Å². The SMILES string of the molecule is N#Cc1ccc(C(C#N)Nc2cccc(F)c2)cc1. The summed E-state index contributed by atoms with van der Waals surface area (Å²) in [5.41, 5.74) is 1.80. The molecule has 19 heavy (non-hydrogen) atoms. The zero-order valence-electron chi connectivity index (χ0n) is 9.97. The van der Waals surface area contributed by atoms with Crippen molar-refractivity contribution in [3.8, 4) is 12.1 Å². The lowest BCUT2D eigenvalue weighted by atomic mass is 10.1. The molecule has 4 heteroatoms. The van der Waals surface area contributed by atoms with Gasteiger partial charge in [-0.2, -0.15) is 10.5 Å². The van der Waals surface area contributed by atoms with Crippen molar-refractivity contribution in [2.45, 2.75) is 6.04 Å². The first-order valence-corrected chi connectivity index (χ1v) is 5.64. The molecule has 0 fully saturated rings. The molecule has 1 unspecified atom stereocenters. The van der Waals surface area contributed by atoms with Crippen molar-refractivity contribution in [2.24, 2.45) is 0 Å². The van der Waals surface area contributed by atoms with Gasteiger partial charge in [0.1, 0.15) is 11.9 Å². The number of anilines is 1. The van der Waals surface area contributed by atoms with E-state index in [1.54, 1.807) is 36.4 Å². The zero-order valence-corrected chi connectivity index (χ0v) is 9.97. The van der Waals surface area contributed by atoms with E-state index in [0.29, 0.717) is 11.3 Å². The van der Waals surface area contributed by atoms with Gasteiger partial charge in [0.05, 0.1) is 17.7 Å². The summed E-state index contributed by atoms with van der Waals surface area (Å²) >= 11 is 0. The lowest BCUT2D eigenvalue weighted by molar-refractivity contribution is 0.628. The van der Waals surface area contributed by atoms with Crippen molar-refractivity contribution < 1.29 is 4.39 Å². The molecule has 0 saturated heterocycles. The molecule has 0 spiro atoms. The van der Waals surface area contributed by atoms with E-state index in [2.05, 4.69) is 11.4 Å². The third-order valence-electron chi connectivity index (χ3n) is 2.64. The van der Waals surface area contributed by atoms with Gasteiger partial charge >= 0.3 is 0 Å². The topological polar surface area (TPSA) is 59.6 Å². The van der Waals surface area contributed by atoms with E-state index in [4.69, 9.17) is 10.5 Å². The number of rotatable bonds is 3. The van der Waals surface area contributed by atoms with Crippen molar-refractivity contribution in [1.29, 1.82) is 10.5 Å². The third-order valence-corrected chi connectivity index (χ3v) is 2.64. The molecule has 0 aliphatic rings. The predicted octanol–water partition coefficient (Wildman–Crippen LogP) is 3.37. The van der Waals surface area contributed by atoms with Crippen LogP contribution in [0.5, 0.6) is 0 Å². The molecular formula is C15H10FN3. The smallest absolute Gasteiger partial charge is 0.140 e. The molecule has 92 valence electrons. The number of nitriles is 2. The summed E-state index contributed by atoms with van der Waals surface area (Å²) in [7, 11) is 0. The molecule has 0 amide bonds. The molecule has 2 rings (SSSR count). The van der Waals surface area contributed by atoms with Crippen LogP contribution in [-0.2, 0) is 0 Å². The van der Waals surface area contributed by atoms with Gasteiger partial charge in [0.2, 0.25) is 0 Å². The molecule has 2 aromatic carbocycles. The van der Waals surface area contributed by atoms with Gasteiger partial charge in [-0.3, -0.25) is 0 Å². The number of hydrogen-bond acceptors (Lipinski definition) is 3. The second-order valence-electron chi connectivity index (χ2n) is 3.95. The maximum Gasteiger partial charge on any atom is 0.140 e. The predicted molar refractivity (Wildman–Crippen MR) is 69.5 cm³/mol. The minimum atomic E-state index is -0.588. The number of halogens is 1. The van der Waals surface area contributed by atoms with E-state index >= 15 is 0 Å². The van der Waals surface area contributed by atoms with Gasteiger partial charge in [-0.25, -0.2) is 4.39 Å². The summed E-state index contributed by atoms with van der Waals surface area (Å²) in [6, 6.07) is 16.2. The Morgan fingerprint density at radius 2 is 1.79 bits per heavy atom. The fourth-order valence-electron chi connectivity index (χ4n) is 1.69. The van der Waals surface area contributed by atoms with Gasteiger partial charge in [-0.1, -0.05) is 18.2 Å². The van der Waals surface area contributed by atoms with Gasteiger partial charge in [0.15, 0.2) is 0 Å². The van der Waals surface area contributed by atoms with Gasteiger partial charge in [-0.05, 0) is 35.9 Å². The molecule has 0 bridgehead atoms. The molecule has 1 N–H and O–H groups in total. The quantitative estimate of drug-likeness (QED) is 0.909. The summed E-state index contributed by atoms with van der Waals surface area (Å²) < 4.78 is 13.1. The Hall–Kier alpha value is -2.85. The monoisotopic (exact) mass is 251 g/mol. The van der Waals surface area contributed by atoms with Crippen LogP contribution in [0.3, 0.4) is 0 Å². The first kappa shape index (κ1) is 12.6. The third kappa shape index (κ3) is 3.08. The van der Waals surface area contributed by atoms with Crippen LogP contribution in [0.2, 0.25) is 0 Å². The normalized spacial score (nSPS) is 11.1. The van der Waals surface area contributed by atoms with Crippen molar-refractivity contribution in [2.75, 3.05) is 5.32 Å². The van der Waals surface area contributed by atoms with Gasteiger partial charge in [0, 0.05) is 5.69 Å². The van der Waals surface area contributed by atoms with Crippen molar-refractivity contribution in [1.82, 2.24) is 0 Å². The van der Waals surface area contributed by atoms with Gasteiger partial charge in [0.25, 0.3) is 0 Å². The van der Waals surface area contributed by atoms with Crippen LogP contribution < -0.4 is 5.32 Å². The molecule has 0 heterocycles. The van der Waals surface area contributed by atoms with Crippen LogP contribution >= 0.6 is 0 Å². The van der Waals surface area contributed by atoms with E-state index in [-0.39, 0.29) is 5.82 Å². The standard InChI is InChI=1S/C15H10FN3/c16-13-2-1-3-14(8-13)19-15(10-18)12-6-4-11(9-17)5-7-12/h1-8,15,19H. The minimum absolute atomic E-state index is 0.360. The van der Waals surface area contributed by atoms with Crippen molar-refractivity contribution >= 4 is 5.69 Å². The first-order valence-electron chi connectivity index (χ1n) is 5.64. The Morgan fingerprint density at radius 3 is 2.37 bits per heavy atom. The summed E-state index contributed by atoms with van der Waals surface area (Å²) in [5, 5.41) is 20.8. The highest BCUT2D eigenvalue weighted by molar-refractivity contribution is 5.48. The van der Waals surface area contributed by atoms with Crippen LogP contribution in [-0.4, -0.2) is 0 Å². The largest absolute Gasteiger partial charge is 0.366 e. The molecular weight excluding hydrogens is 241 g/mol. The van der Waals surface area contributed by atoms with Crippen LogP contribution in [0, 0.1) is 28.5 Å². The summed E-state index contributed by atoms with van der Waals surface area (Å²) in [4.78, 5) is 0. The number of hydrogen-bond donors (Lipinski definition) is 1. The molecule has 0 radical (unpaired) electrons. The molecule has 0 aliphatic heterocycles. The lowest BCUT2D eigenvalue weighted by Crippen LogP contribution is -2.08. The van der Waals surface area contributed by atoms with Crippen LogP contribution in [0.15, 0.2) is 48.5 Å².